The molecule has 0 bridgehead atoms. The van der Waals surface area contributed by atoms with Crippen LogP contribution in [-0.2, 0) is 0 Å². The van der Waals surface area contributed by atoms with E-state index in [1.807, 2.05) is 38.1 Å². The van der Waals surface area contributed by atoms with Crippen molar-refractivity contribution in [3.63, 3.8) is 0 Å². The highest BCUT2D eigenvalue weighted by Crippen LogP contribution is 2.28. The average Bonchev–Trinajstić information content (AvgIpc) is 2.32. The zero-order chi connectivity index (χ0) is 13.1. The molecule has 94 valence electrons. The monoisotopic (exact) mass is 262 g/mol. The van der Waals surface area contributed by atoms with Crippen molar-refractivity contribution in [2.24, 2.45) is 5.73 Å². The van der Waals surface area contributed by atoms with E-state index in [0.29, 0.717) is 16.5 Å². The van der Waals surface area contributed by atoms with Gasteiger partial charge in [0.25, 0.3) is 0 Å². The Labute approximate surface area is 112 Å². The molecule has 0 fully saturated rings. The second-order valence-electron chi connectivity index (χ2n) is 4.21. The van der Waals surface area contributed by atoms with Crippen LogP contribution in [0.1, 0.15) is 24.2 Å². The first-order chi connectivity index (χ1) is 8.56. The number of hydrogen-bond donors (Lipinski definition) is 1. The van der Waals surface area contributed by atoms with Gasteiger partial charge in [0, 0.05) is 16.8 Å². The fraction of sp³-hybridized carbons (Fsp3) is 0.214. The Morgan fingerprint density at radius 2 is 1.94 bits per heavy atom. The van der Waals surface area contributed by atoms with Gasteiger partial charge in [-0.05, 0) is 43.7 Å². The van der Waals surface area contributed by atoms with E-state index in [-0.39, 0.29) is 6.04 Å². The quantitative estimate of drug-likeness (QED) is 0.914. The Kier molecular flexibility index (Phi) is 3.84. The van der Waals surface area contributed by atoms with Crippen molar-refractivity contribution in [1.82, 2.24) is 4.98 Å². The van der Waals surface area contributed by atoms with Crippen LogP contribution in [0.25, 0.3) is 0 Å². The summed E-state index contributed by atoms with van der Waals surface area (Å²) in [6.45, 7) is 3.82. The lowest BCUT2D eigenvalue weighted by atomic mass is 10.1. The zero-order valence-electron chi connectivity index (χ0n) is 10.4. The molecule has 0 aliphatic rings. The molecule has 1 atom stereocenters. The molecule has 4 heteroatoms. The first-order valence-corrected chi connectivity index (χ1v) is 6.09. The molecule has 3 nitrogen and oxygen atoms in total. The van der Waals surface area contributed by atoms with Crippen LogP contribution in [0.4, 0.5) is 0 Å². The smallest absolute Gasteiger partial charge is 0.145 e. The SMILES string of the molecule is Cc1ccc(Oc2ccc(C(C)N)c(Cl)c2)cn1. The summed E-state index contributed by atoms with van der Waals surface area (Å²) in [7, 11) is 0. The molecule has 1 heterocycles. The number of aryl methyl sites for hydroxylation is 1. The molecular formula is C14H15ClN2O. The Bertz CT molecular complexity index is 538. The maximum absolute atomic E-state index is 6.14. The highest BCUT2D eigenvalue weighted by atomic mass is 35.5. The number of rotatable bonds is 3. The number of ether oxygens (including phenoxy) is 1. The van der Waals surface area contributed by atoms with Crippen molar-refractivity contribution >= 4 is 11.6 Å². The third-order valence-corrected chi connectivity index (χ3v) is 2.91. The first-order valence-electron chi connectivity index (χ1n) is 5.72. The standard InChI is InChI=1S/C14H15ClN2O/c1-9-3-4-12(8-17-9)18-11-5-6-13(10(2)16)14(15)7-11/h3-8,10H,16H2,1-2H3. The number of halogens is 1. The molecule has 0 saturated heterocycles. The minimum atomic E-state index is -0.0902. The number of nitrogens with zero attached hydrogens (tertiary/aromatic N) is 1. The Balaban J connectivity index is 2.20. The van der Waals surface area contributed by atoms with Crippen molar-refractivity contribution in [1.29, 1.82) is 0 Å². The van der Waals surface area contributed by atoms with Crippen molar-refractivity contribution in [3.8, 4) is 11.5 Å². The maximum Gasteiger partial charge on any atom is 0.145 e. The van der Waals surface area contributed by atoms with E-state index in [9.17, 15) is 0 Å². The highest BCUT2D eigenvalue weighted by molar-refractivity contribution is 6.31. The topological polar surface area (TPSA) is 48.1 Å². The molecule has 0 aliphatic heterocycles. The van der Waals surface area contributed by atoms with Gasteiger partial charge < -0.3 is 10.5 Å². The van der Waals surface area contributed by atoms with Gasteiger partial charge >= 0.3 is 0 Å². The Hall–Kier alpha value is -1.58. The van der Waals surface area contributed by atoms with Crippen molar-refractivity contribution in [2.75, 3.05) is 0 Å². The van der Waals surface area contributed by atoms with Crippen LogP contribution in [0.15, 0.2) is 36.5 Å². The minimum absolute atomic E-state index is 0.0902. The molecule has 0 saturated carbocycles. The molecule has 2 N–H and O–H groups in total. The molecule has 0 radical (unpaired) electrons. The second kappa shape index (κ2) is 5.38. The molecular weight excluding hydrogens is 248 g/mol. The Morgan fingerprint density at radius 3 is 2.50 bits per heavy atom. The lowest BCUT2D eigenvalue weighted by molar-refractivity contribution is 0.479. The van der Waals surface area contributed by atoms with E-state index in [1.54, 1.807) is 12.3 Å². The summed E-state index contributed by atoms with van der Waals surface area (Å²) in [5, 5.41) is 0.613. The molecule has 0 aliphatic carbocycles. The summed E-state index contributed by atoms with van der Waals surface area (Å²) >= 11 is 6.14. The van der Waals surface area contributed by atoms with E-state index in [0.717, 1.165) is 11.3 Å². The number of aromatic nitrogens is 1. The lowest BCUT2D eigenvalue weighted by Crippen LogP contribution is -2.05. The zero-order valence-corrected chi connectivity index (χ0v) is 11.1. The van der Waals surface area contributed by atoms with Crippen LogP contribution in [0.3, 0.4) is 0 Å². The van der Waals surface area contributed by atoms with Crippen LogP contribution in [-0.4, -0.2) is 4.98 Å². The third-order valence-electron chi connectivity index (χ3n) is 2.58. The number of benzene rings is 1. The van der Waals surface area contributed by atoms with Gasteiger partial charge in [-0.1, -0.05) is 17.7 Å². The molecule has 1 aromatic carbocycles. The highest BCUT2D eigenvalue weighted by Gasteiger charge is 2.07. The van der Waals surface area contributed by atoms with E-state index < -0.39 is 0 Å². The molecule has 0 spiro atoms. The van der Waals surface area contributed by atoms with E-state index in [2.05, 4.69) is 4.98 Å². The summed E-state index contributed by atoms with van der Waals surface area (Å²) in [4.78, 5) is 4.17. The van der Waals surface area contributed by atoms with Crippen molar-refractivity contribution in [2.45, 2.75) is 19.9 Å². The summed E-state index contributed by atoms with van der Waals surface area (Å²) < 4.78 is 5.66. The molecule has 18 heavy (non-hydrogen) atoms. The summed E-state index contributed by atoms with van der Waals surface area (Å²) in [6.07, 6.45) is 1.68. The fourth-order valence-electron chi connectivity index (χ4n) is 1.59. The fourth-order valence-corrected chi connectivity index (χ4v) is 1.93. The van der Waals surface area contributed by atoms with Gasteiger partial charge in [0.05, 0.1) is 6.20 Å². The van der Waals surface area contributed by atoms with Gasteiger partial charge in [-0.15, -0.1) is 0 Å². The normalized spacial score (nSPS) is 12.2. The molecule has 2 rings (SSSR count). The first kappa shape index (κ1) is 12.9. The largest absolute Gasteiger partial charge is 0.456 e. The van der Waals surface area contributed by atoms with E-state index in [4.69, 9.17) is 22.1 Å². The molecule has 2 aromatic rings. The molecule has 1 aromatic heterocycles. The van der Waals surface area contributed by atoms with Gasteiger partial charge in [-0.25, -0.2) is 0 Å². The summed E-state index contributed by atoms with van der Waals surface area (Å²) in [6, 6.07) is 9.17. The maximum atomic E-state index is 6.14. The van der Waals surface area contributed by atoms with Crippen molar-refractivity contribution < 1.29 is 4.74 Å². The predicted octanol–water partition coefficient (Wildman–Crippen LogP) is 3.86. The van der Waals surface area contributed by atoms with Crippen molar-refractivity contribution in [3.05, 3.63) is 52.8 Å². The summed E-state index contributed by atoms with van der Waals surface area (Å²) in [5.41, 5.74) is 7.66. The van der Waals surface area contributed by atoms with Crippen LogP contribution in [0, 0.1) is 6.92 Å². The van der Waals surface area contributed by atoms with Gasteiger partial charge in [-0.2, -0.15) is 0 Å². The second-order valence-corrected chi connectivity index (χ2v) is 4.62. The number of pyridine rings is 1. The van der Waals surface area contributed by atoms with Gasteiger partial charge in [-0.3, -0.25) is 4.98 Å². The van der Waals surface area contributed by atoms with Gasteiger partial charge in [0.1, 0.15) is 11.5 Å². The molecule has 1 unspecified atom stereocenters. The number of nitrogens with two attached hydrogens (primary N) is 1. The van der Waals surface area contributed by atoms with Gasteiger partial charge in [0.15, 0.2) is 0 Å². The van der Waals surface area contributed by atoms with Crippen LogP contribution < -0.4 is 10.5 Å². The van der Waals surface area contributed by atoms with Crippen LogP contribution in [0.2, 0.25) is 5.02 Å². The number of hydrogen-bond acceptors (Lipinski definition) is 3. The van der Waals surface area contributed by atoms with Crippen LogP contribution in [0.5, 0.6) is 11.5 Å². The lowest BCUT2D eigenvalue weighted by Gasteiger charge is -2.11. The minimum Gasteiger partial charge on any atom is -0.456 e. The van der Waals surface area contributed by atoms with E-state index in [1.165, 1.54) is 0 Å². The van der Waals surface area contributed by atoms with Gasteiger partial charge in [0.2, 0.25) is 0 Å². The Morgan fingerprint density at radius 1 is 1.22 bits per heavy atom. The molecule has 0 amide bonds. The summed E-state index contributed by atoms with van der Waals surface area (Å²) in [5.74, 6) is 1.36. The van der Waals surface area contributed by atoms with E-state index >= 15 is 0 Å². The average molecular weight is 263 g/mol. The predicted molar refractivity (Wildman–Crippen MR) is 73.1 cm³/mol. The third kappa shape index (κ3) is 3.00. The van der Waals surface area contributed by atoms with Crippen LogP contribution >= 0.6 is 11.6 Å².